The van der Waals surface area contributed by atoms with Crippen LogP contribution in [0.3, 0.4) is 0 Å². The smallest absolute Gasteiger partial charge is 0.0947 e. The van der Waals surface area contributed by atoms with Crippen LogP contribution in [0.5, 0.6) is 0 Å². The lowest BCUT2D eigenvalue weighted by atomic mass is 10.2. The van der Waals surface area contributed by atoms with Crippen molar-refractivity contribution < 1.29 is 4.42 Å². The average molecular weight is 240 g/mol. The van der Waals surface area contributed by atoms with Crippen LogP contribution in [-0.2, 0) is 6.54 Å². The van der Waals surface area contributed by atoms with Crippen molar-refractivity contribution in [2.24, 2.45) is 0 Å². The van der Waals surface area contributed by atoms with Crippen molar-refractivity contribution in [2.45, 2.75) is 19.0 Å². The lowest BCUT2D eigenvalue weighted by Gasteiger charge is -2.25. The number of furan rings is 1. The Morgan fingerprint density at radius 3 is 3.25 bits per heavy atom. The molecule has 1 aromatic heterocycles. The third kappa shape index (κ3) is 3.85. The van der Waals surface area contributed by atoms with E-state index in [9.17, 15) is 0 Å². The molecule has 0 radical (unpaired) electrons. The van der Waals surface area contributed by atoms with Crippen molar-refractivity contribution in [2.75, 3.05) is 31.6 Å². The summed E-state index contributed by atoms with van der Waals surface area (Å²) in [5.74, 6) is 2.53. The van der Waals surface area contributed by atoms with Crippen molar-refractivity contribution in [3.8, 4) is 0 Å². The van der Waals surface area contributed by atoms with Gasteiger partial charge in [-0.3, -0.25) is 0 Å². The van der Waals surface area contributed by atoms with E-state index in [2.05, 4.69) is 29.0 Å². The van der Waals surface area contributed by atoms with E-state index in [1.165, 1.54) is 30.0 Å². The molecule has 0 spiro atoms. The number of hydrogen-bond donors (Lipinski definition) is 1. The van der Waals surface area contributed by atoms with E-state index in [0.717, 1.165) is 13.1 Å². The second-order valence-electron chi connectivity index (χ2n) is 4.38. The van der Waals surface area contributed by atoms with Gasteiger partial charge in [0.05, 0.1) is 12.5 Å². The van der Waals surface area contributed by atoms with E-state index in [1.54, 1.807) is 6.26 Å². The highest BCUT2D eigenvalue weighted by atomic mass is 32.2. The van der Waals surface area contributed by atoms with Crippen LogP contribution in [-0.4, -0.2) is 42.6 Å². The molecule has 90 valence electrons. The Kier molecular flexibility index (Phi) is 4.75. The van der Waals surface area contributed by atoms with Crippen LogP contribution in [0.1, 0.15) is 12.0 Å². The van der Waals surface area contributed by atoms with Crippen molar-refractivity contribution in [3.63, 3.8) is 0 Å². The van der Waals surface area contributed by atoms with Gasteiger partial charge in [0.1, 0.15) is 0 Å². The molecule has 1 N–H and O–H groups in total. The van der Waals surface area contributed by atoms with Crippen LogP contribution in [0.15, 0.2) is 23.0 Å². The Bertz CT molecular complexity index is 283. The molecule has 0 saturated carbocycles. The van der Waals surface area contributed by atoms with Crippen LogP contribution in [0.2, 0.25) is 0 Å². The predicted molar refractivity (Wildman–Crippen MR) is 68.8 cm³/mol. The van der Waals surface area contributed by atoms with E-state index in [-0.39, 0.29) is 0 Å². The fourth-order valence-corrected chi connectivity index (χ4v) is 2.95. The third-order valence-electron chi connectivity index (χ3n) is 2.89. The molecule has 0 bridgehead atoms. The van der Waals surface area contributed by atoms with Gasteiger partial charge in [-0.2, -0.15) is 11.8 Å². The van der Waals surface area contributed by atoms with E-state index in [1.807, 2.05) is 12.3 Å². The third-order valence-corrected chi connectivity index (χ3v) is 4.02. The van der Waals surface area contributed by atoms with Crippen molar-refractivity contribution in [1.29, 1.82) is 0 Å². The van der Waals surface area contributed by atoms with Crippen molar-refractivity contribution >= 4 is 11.8 Å². The summed E-state index contributed by atoms with van der Waals surface area (Å²) in [7, 11) is 2.17. The van der Waals surface area contributed by atoms with E-state index < -0.39 is 0 Å². The average Bonchev–Trinajstić information content (AvgIpc) is 2.81. The first kappa shape index (κ1) is 12.0. The maximum Gasteiger partial charge on any atom is 0.0947 e. The van der Waals surface area contributed by atoms with Gasteiger partial charge in [-0.25, -0.2) is 0 Å². The first-order valence-corrected chi connectivity index (χ1v) is 7.01. The lowest BCUT2D eigenvalue weighted by molar-refractivity contribution is 0.304. The summed E-state index contributed by atoms with van der Waals surface area (Å²) < 4.78 is 5.07. The topological polar surface area (TPSA) is 28.4 Å². The molecule has 3 nitrogen and oxygen atoms in total. The molecule has 1 fully saturated rings. The summed E-state index contributed by atoms with van der Waals surface area (Å²) in [6.07, 6.45) is 4.80. The maximum atomic E-state index is 5.07. The quantitative estimate of drug-likeness (QED) is 0.849. The van der Waals surface area contributed by atoms with Gasteiger partial charge >= 0.3 is 0 Å². The minimum Gasteiger partial charge on any atom is -0.472 e. The van der Waals surface area contributed by atoms with Gasteiger partial charge in [-0.1, -0.05) is 0 Å². The molecule has 1 aliphatic rings. The molecular weight excluding hydrogens is 220 g/mol. The SMILES string of the molecule is CN(CCC1CSCCN1)Cc1ccoc1. The monoisotopic (exact) mass is 240 g/mol. The Balaban J connectivity index is 1.65. The molecule has 0 aliphatic carbocycles. The molecule has 1 atom stereocenters. The molecular formula is C12H20N2OS. The highest BCUT2D eigenvalue weighted by Crippen LogP contribution is 2.11. The minimum atomic E-state index is 0.700. The second kappa shape index (κ2) is 6.33. The van der Waals surface area contributed by atoms with E-state index in [4.69, 9.17) is 4.42 Å². The molecule has 1 aromatic rings. The van der Waals surface area contributed by atoms with Crippen LogP contribution in [0.4, 0.5) is 0 Å². The lowest BCUT2D eigenvalue weighted by Crippen LogP contribution is -2.39. The zero-order valence-electron chi connectivity index (χ0n) is 9.82. The van der Waals surface area contributed by atoms with Crippen LogP contribution in [0, 0.1) is 0 Å². The van der Waals surface area contributed by atoms with Crippen LogP contribution >= 0.6 is 11.8 Å². The Morgan fingerprint density at radius 2 is 2.56 bits per heavy atom. The fraction of sp³-hybridized carbons (Fsp3) is 0.667. The largest absolute Gasteiger partial charge is 0.472 e. The second-order valence-corrected chi connectivity index (χ2v) is 5.53. The number of hydrogen-bond acceptors (Lipinski definition) is 4. The molecule has 0 aromatic carbocycles. The molecule has 1 saturated heterocycles. The maximum absolute atomic E-state index is 5.07. The first-order chi connectivity index (χ1) is 7.84. The van der Waals surface area contributed by atoms with Crippen LogP contribution in [0.25, 0.3) is 0 Å². The van der Waals surface area contributed by atoms with Crippen LogP contribution < -0.4 is 5.32 Å². The normalized spacial score (nSPS) is 21.5. The Hall–Kier alpha value is -0.450. The van der Waals surface area contributed by atoms with Gasteiger partial charge < -0.3 is 14.6 Å². The number of thioether (sulfide) groups is 1. The predicted octanol–water partition coefficient (Wildman–Crippen LogP) is 1.81. The Morgan fingerprint density at radius 1 is 1.62 bits per heavy atom. The summed E-state index contributed by atoms with van der Waals surface area (Å²) in [4.78, 5) is 2.35. The van der Waals surface area contributed by atoms with Crippen molar-refractivity contribution in [1.82, 2.24) is 10.2 Å². The van der Waals surface area contributed by atoms with Crippen molar-refractivity contribution in [3.05, 3.63) is 24.2 Å². The number of rotatable bonds is 5. The standard InChI is InChI=1S/C12H20N2OS/c1-14(8-11-3-6-15-9-11)5-2-12-10-16-7-4-13-12/h3,6,9,12-13H,2,4-5,7-8,10H2,1H3. The summed E-state index contributed by atoms with van der Waals surface area (Å²) in [6.45, 7) is 3.29. The molecule has 1 unspecified atom stereocenters. The van der Waals surface area contributed by atoms with Gasteiger partial charge in [0.15, 0.2) is 0 Å². The number of nitrogens with zero attached hydrogens (tertiary/aromatic N) is 1. The highest BCUT2D eigenvalue weighted by molar-refractivity contribution is 7.99. The summed E-state index contributed by atoms with van der Waals surface area (Å²) in [5.41, 5.74) is 1.26. The summed E-state index contributed by atoms with van der Waals surface area (Å²) >= 11 is 2.06. The van der Waals surface area contributed by atoms with Gasteiger partial charge in [-0.05, 0) is 26.1 Å². The summed E-state index contributed by atoms with van der Waals surface area (Å²) in [6, 6.07) is 2.73. The van der Waals surface area contributed by atoms with Gasteiger partial charge in [-0.15, -0.1) is 0 Å². The fourth-order valence-electron chi connectivity index (χ4n) is 1.95. The molecule has 16 heavy (non-hydrogen) atoms. The van der Waals surface area contributed by atoms with E-state index >= 15 is 0 Å². The molecule has 2 heterocycles. The minimum absolute atomic E-state index is 0.700. The Labute approximate surface area is 102 Å². The van der Waals surface area contributed by atoms with Gasteiger partial charge in [0.25, 0.3) is 0 Å². The van der Waals surface area contributed by atoms with Gasteiger partial charge in [0.2, 0.25) is 0 Å². The molecule has 2 rings (SSSR count). The van der Waals surface area contributed by atoms with Gasteiger partial charge in [0, 0.05) is 36.2 Å². The molecule has 1 aliphatic heterocycles. The zero-order valence-corrected chi connectivity index (χ0v) is 10.6. The number of nitrogens with one attached hydrogen (secondary N) is 1. The highest BCUT2D eigenvalue weighted by Gasteiger charge is 2.13. The molecule has 0 amide bonds. The molecule has 4 heteroatoms. The first-order valence-electron chi connectivity index (χ1n) is 5.85. The summed E-state index contributed by atoms with van der Waals surface area (Å²) in [5, 5.41) is 3.57. The zero-order chi connectivity index (χ0) is 11.2. The van der Waals surface area contributed by atoms with E-state index in [0.29, 0.717) is 6.04 Å².